The van der Waals surface area contributed by atoms with Gasteiger partial charge in [-0.25, -0.2) is 8.78 Å². The number of rotatable bonds is 6. The molecule has 0 bridgehead atoms. The molecule has 22 heavy (non-hydrogen) atoms. The second-order valence-electron chi connectivity index (χ2n) is 4.51. The summed E-state index contributed by atoms with van der Waals surface area (Å²) in [7, 11) is 0. The number of hydrogen-bond donors (Lipinski definition) is 1. The molecule has 0 spiro atoms. The SMILES string of the molecule is O=C(NCCCSc1ccc(F)cc1)c1c(F)cccc1Cl. The minimum Gasteiger partial charge on any atom is -0.352 e. The summed E-state index contributed by atoms with van der Waals surface area (Å²) in [5.74, 6) is -0.657. The predicted molar refractivity (Wildman–Crippen MR) is 85.5 cm³/mol. The predicted octanol–water partition coefficient (Wildman–Crippen LogP) is 4.53. The summed E-state index contributed by atoms with van der Waals surface area (Å²) in [6, 6.07) is 10.4. The van der Waals surface area contributed by atoms with Crippen molar-refractivity contribution < 1.29 is 13.6 Å². The highest BCUT2D eigenvalue weighted by molar-refractivity contribution is 7.99. The number of halogens is 3. The van der Waals surface area contributed by atoms with Gasteiger partial charge >= 0.3 is 0 Å². The normalized spacial score (nSPS) is 10.5. The summed E-state index contributed by atoms with van der Waals surface area (Å²) >= 11 is 7.39. The molecule has 0 heterocycles. The monoisotopic (exact) mass is 341 g/mol. The number of thioether (sulfide) groups is 1. The molecular formula is C16H14ClF2NOS. The second-order valence-corrected chi connectivity index (χ2v) is 6.08. The van der Waals surface area contributed by atoms with Crippen LogP contribution in [0.1, 0.15) is 16.8 Å². The van der Waals surface area contributed by atoms with Crippen molar-refractivity contribution in [2.75, 3.05) is 12.3 Å². The van der Waals surface area contributed by atoms with Gasteiger partial charge in [-0.2, -0.15) is 0 Å². The zero-order chi connectivity index (χ0) is 15.9. The van der Waals surface area contributed by atoms with E-state index in [1.165, 1.54) is 30.3 Å². The van der Waals surface area contributed by atoms with Crippen LogP contribution < -0.4 is 5.32 Å². The Morgan fingerprint density at radius 3 is 2.55 bits per heavy atom. The Morgan fingerprint density at radius 1 is 1.14 bits per heavy atom. The molecule has 2 nitrogen and oxygen atoms in total. The fraction of sp³-hybridized carbons (Fsp3) is 0.188. The lowest BCUT2D eigenvalue weighted by molar-refractivity contribution is 0.0950. The number of hydrogen-bond acceptors (Lipinski definition) is 2. The van der Waals surface area contributed by atoms with Gasteiger partial charge in [0.1, 0.15) is 11.6 Å². The summed E-state index contributed by atoms with van der Waals surface area (Å²) in [6.07, 6.45) is 0.708. The molecule has 0 saturated heterocycles. The van der Waals surface area contributed by atoms with Gasteiger partial charge in [-0.3, -0.25) is 4.79 Å². The number of carbonyl (C=O) groups excluding carboxylic acids is 1. The maximum absolute atomic E-state index is 13.6. The van der Waals surface area contributed by atoms with E-state index >= 15 is 0 Å². The minimum atomic E-state index is -0.634. The number of benzene rings is 2. The van der Waals surface area contributed by atoms with E-state index in [0.29, 0.717) is 13.0 Å². The Morgan fingerprint density at radius 2 is 1.86 bits per heavy atom. The molecule has 116 valence electrons. The molecule has 1 N–H and O–H groups in total. The third-order valence-electron chi connectivity index (χ3n) is 2.88. The molecule has 2 aromatic rings. The third-order valence-corrected chi connectivity index (χ3v) is 4.29. The highest BCUT2D eigenvalue weighted by Crippen LogP contribution is 2.20. The molecule has 0 aliphatic carbocycles. The summed E-state index contributed by atoms with van der Waals surface area (Å²) < 4.78 is 26.3. The Hall–Kier alpha value is -1.59. The first-order valence-electron chi connectivity index (χ1n) is 6.68. The van der Waals surface area contributed by atoms with Crippen LogP contribution in [-0.4, -0.2) is 18.2 Å². The van der Waals surface area contributed by atoms with Crippen molar-refractivity contribution in [1.29, 1.82) is 0 Å². The van der Waals surface area contributed by atoms with E-state index in [1.54, 1.807) is 23.9 Å². The first-order chi connectivity index (χ1) is 10.6. The van der Waals surface area contributed by atoms with E-state index in [2.05, 4.69) is 5.32 Å². The van der Waals surface area contributed by atoms with Gasteiger partial charge in [0.25, 0.3) is 5.91 Å². The second kappa shape index (κ2) is 8.15. The van der Waals surface area contributed by atoms with Crippen molar-refractivity contribution in [2.24, 2.45) is 0 Å². The van der Waals surface area contributed by atoms with E-state index in [1.807, 2.05) is 0 Å². The van der Waals surface area contributed by atoms with Gasteiger partial charge < -0.3 is 5.32 Å². The summed E-state index contributed by atoms with van der Waals surface area (Å²) in [5.41, 5.74) is -0.129. The van der Waals surface area contributed by atoms with Crippen LogP contribution in [0.25, 0.3) is 0 Å². The standard InChI is InChI=1S/C16H14ClF2NOS/c17-13-3-1-4-14(19)15(13)16(21)20-9-2-10-22-12-7-5-11(18)6-8-12/h1,3-8H,2,9-10H2,(H,20,21). The average molecular weight is 342 g/mol. The quantitative estimate of drug-likeness (QED) is 0.617. The lowest BCUT2D eigenvalue weighted by atomic mass is 10.2. The zero-order valence-electron chi connectivity index (χ0n) is 11.6. The molecule has 1 amide bonds. The highest BCUT2D eigenvalue weighted by atomic mass is 35.5. The first-order valence-corrected chi connectivity index (χ1v) is 8.05. The van der Waals surface area contributed by atoms with Crippen LogP contribution in [0.5, 0.6) is 0 Å². The Kier molecular flexibility index (Phi) is 6.21. The van der Waals surface area contributed by atoms with Crippen molar-refractivity contribution in [2.45, 2.75) is 11.3 Å². The number of amides is 1. The van der Waals surface area contributed by atoms with Gasteiger partial charge in [0.15, 0.2) is 0 Å². The minimum absolute atomic E-state index is 0.0955. The van der Waals surface area contributed by atoms with Crippen molar-refractivity contribution in [3.63, 3.8) is 0 Å². The van der Waals surface area contributed by atoms with Crippen LogP contribution in [0.15, 0.2) is 47.4 Å². The van der Waals surface area contributed by atoms with Gasteiger partial charge in [-0.05, 0) is 48.6 Å². The summed E-state index contributed by atoms with van der Waals surface area (Å²) in [4.78, 5) is 12.8. The van der Waals surface area contributed by atoms with E-state index in [4.69, 9.17) is 11.6 Å². The lowest BCUT2D eigenvalue weighted by Crippen LogP contribution is -2.26. The molecule has 0 atom stereocenters. The average Bonchev–Trinajstić information content (AvgIpc) is 2.48. The first kappa shape index (κ1) is 16.8. The molecule has 0 aliphatic rings. The smallest absolute Gasteiger partial charge is 0.255 e. The third kappa shape index (κ3) is 4.71. The van der Waals surface area contributed by atoms with E-state index in [9.17, 15) is 13.6 Å². The van der Waals surface area contributed by atoms with Crippen LogP contribution >= 0.6 is 23.4 Å². The van der Waals surface area contributed by atoms with Gasteiger partial charge in [-0.15, -0.1) is 11.8 Å². The molecule has 0 saturated carbocycles. The van der Waals surface area contributed by atoms with Crippen molar-refractivity contribution >= 4 is 29.3 Å². The number of carbonyl (C=O) groups is 1. The molecule has 6 heteroatoms. The van der Waals surface area contributed by atoms with Crippen molar-refractivity contribution in [3.8, 4) is 0 Å². The van der Waals surface area contributed by atoms with Crippen LogP contribution in [0.3, 0.4) is 0 Å². The zero-order valence-corrected chi connectivity index (χ0v) is 13.2. The Balaban J connectivity index is 1.74. The van der Waals surface area contributed by atoms with Crippen LogP contribution in [0.2, 0.25) is 5.02 Å². The molecular weight excluding hydrogens is 328 g/mol. The van der Waals surface area contributed by atoms with Crippen molar-refractivity contribution in [3.05, 3.63) is 64.7 Å². The topological polar surface area (TPSA) is 29.1 Å². The highest BCUT2D eigenvalue weighted by Gasteiger charge is 2.14. The maximum Gasteiger partial charge on any atom is 0.255 e. The van der Waals surface area contributed by atoms with Gasteiger partial charge in [0.05, 0.1) is 10.6 Å². The van der Waals surface area contributed by atoms with Gasteiger partial charge in [-0.1, -0.05) is 17.7 Å². The number of nitrogens with one attached hydrogen (secondary N) is 1. The summed E-state index contributed by atoms with van der Waals surface area (Å²) in [5, 5.41) is 2.73. The molecule has 0 fully saturated rings. The lowest BCUT2D eigenvalue weighted by Gasteiger charge is -2.07. The fourth-order valence-electron chi connectivity index (χ4n) is 1.80. The maximum atomic E-state index is 13.6. The Labute approximate surface area is 136 Å². The van der Waals surface area contributed by atoms with Crippen LogP contribution in [-0.2, 0) is 0 Å². The summed E-state index contributed by atoms with van der Waals surface area (Å²) in [6.45, 7) is 0.414. The Bertz CT molecular complexity index is 629. The van der Waals surface area contributed by atoms with E-state index < -0.39 is 11.7 Å². The largest absolute Gasteiger partial charge is 0.352 e. The fourth-order valence-corrected chi connectivity index (χ4v) is 2.90. The van der Waals surface area contributed by atoms with Crippen LogP contribution in [0, 0.1) is 11.6 Å². The molecule has 0 radical (unpaired) electrons. The molecule has 0 aromatic heterocycles. The van der Waals surface area contributed by atoms with E-state index in [-0.39, 0.29) is 16.4 Å². The van der Waals surface area contributed by atoms with Gasteiger partial charge in [0.2, 0.25) is 0 Å². The van der Waals surface area contributed by atoms with E-state index in [0.717, 1.165) is 10.6 Å². The van der Waals surface area contributed by atoms with Gasteiger partial charge in [0, 0.05) is 11.4 Å². The molecule has 0 aliphatic heterocycles. The molecule has 2 aromatic carbocycles. The van der Waals surface area contributed by atoms with Crippen molar-refractivity contribution in [1.82, 2.24) is 5.32 Å². The van der Waals surface area contributed by atoms with Crippen LogP contribution in [0.4, 0.5) is 8.78 Å². The molecule has 0 unspecified atom stereocenters. The molecule has 2 rings (SSSR count).